The number of hydrogen-bond donors (Lipinski definition) is 2. The van der Waals surface area contributed by atoms with Gasteiger partial charge in [-0.2, -0.15) is 0 Å². The lowest BCUT2D eigenvalue weighted by atomic mass is 10.0. The molecule has 1 aromatic heterocycles. The van der Waals surface area contributed by atoms with Gasteiger partial charge in [0.05, 0.1) is 18.9 Å². The fourth-order valence-corrected chi connectivity index (χ4v) is 2.57. The average molecular weight is 342 g/mol. The van der Waals surface area contributed by atoms with Crippen LogP contribution < -0.4 is 15.4 Å². The number of carbonyl (C=O) groups is 2. The molecule has 0 saturated heterocycles. The van der Waals surface area contributed by atoms with Crippen molar-refractivity contribution < 1.29 is 18.7 Å². The molecule has 0 aliphatic heterocycles. The SMILES string of the molecule is CC(C)Oc1ccc(NC(=O)C2(C(=O)NCc3ccco3)CC2)cc1. The molecule has 132 valence electrons. The summed E-state index contributed by atoms with van der Waals surface area (Å²) in [5, 5.41) is 5.59. The first-order valence-corrected chi connectivity index (χ1v) is 8.38. The van der Waals surface area contributed by atoms with E-state index in [0.717, 1.165) is 5.75 Å². The van der Waals surface area contributed by atoms with Crippen LogP contribution in [-0.4, -0.2) is 17.9 Å². The highest BCUT2D eigenvalue weighted by Gasteiger charge is 2.56. The Labute approximate surface area is 146 Å². The van der Waals surface area contributed by atoms with Crippen LogP contribution in [0.3, 0.4) is 0 Å². The monoisotopic (exact) mass is 342 g/mol. The molecule has 1 heterocycles. The van der Waals surface area contributed by atoms with E-state index in [1.807, 2.05) is 13.8 Å². The zero-order valence-electron chi connectivity index (χ0n) is 14.4. The van der Waals surface area contributed by atoms with Gasteiger partial charge in [-0.05, 0) is 63.1 Å². The van der Waals surface area contributed by atoms with Gasteiger partial charge in [0.15, 0.2) is 0 Å². The van der Waals surface area contributed by atoms with Crippen LogP contribution >= 0.6 is 0 Å². The van der Waals surface area contributed by atoms with Gasteiger partial charge in [-0.15, -0.1) is 0 Å². The molecule has 2 aromatic rings. The van der Waals surface area contributed by atoms with Crippen LogP contribution in [0, 0.1) is 5.41 Å². The van der Waals surface area contributed by atoms with Gasteiger partial charge < -0.3 is 19.8 Å². The second-order valence-electron chi connectivity index (χ2n) is 6.49. The third-order valence-corrected chi connectivity index (χ3v) is 4.11. The first-order chi connectivity index (χ1) is 12.0. The minimum absolute atomic E-state index is 0.0908. The van der Waals surface area contributed by atoms with Crippen molar-refractivity contribution in [2.24, 2.45) is 5.41 Å². The minimum Gasteiger partial charge on any atom is -0.491 e. The van der Waals surface area contributed by atoms with Gasteiger partial charge >= 0.3 is 0 Å². The van der Waals surface area contributed by atoms with E-state index in [4.69, 9.17) is 9.15 Å². The van der Waals surface area contributed by atoms with Gasteiger partial charge in [-0.1, -0.05) is 0 Å². The second kappa shape index (κ2) is 7.01. The summed E-state index contributed by atoms with van der Waals surface area (Å²) in [6, 6.07) is 10.7. The van der Waals surface area contributed by atoms with Crippen molar-refractivity contribution in [1.82, 2.24) is 5.32 Å². The summed E-state index contributed by atoms with van der Waals surface area (Å²) in [5.74, 6) is 0.860. The Balaban J connectivity index is 1.57. The summed E-state index contributed by atoms with van der Waals surface area (Å²) in [6.45, 7) is 4.18. The molecule has 0 radical (unpaired) electrons. The lowest BCUT2D eigenvalue weighted by Gasteiger charge is -2.15. The van der Waals surface area contributed by atoms with Crippen LogP contribution in [0.2, 0.25) is 0 Å². The van der Waals surface area contributed by atoms with E-state index in [-0.39, 0.29) is 24.5 Å². The van der Waals surface area contributed by atoms with Crippen LogP contribution in [0.1, 0.15) is 32.4 Å². The maximum atomic E-state index is 12.5. The normalized spacial score (nSPS) is 14.8. The third kappa shape index (κ3) is 4.02. The minimum atomic E-state index is -0.973. The Morgan fingerprint density at radius 2 is 1.88 bits per heavy atom. The molecule has 1 aromatic carbocycles. The van der Waals surface area contributed by atoms with Crippen molar-refractivity contribution in [3.8, 4) is 5.75 Å². The van der Waals surface area contributed by atoms with Gasteiger partial charge in [-0.25, -0.2) is 0 Å². The zero-order chi connectivity index (χ0) is 17.9. The second-order valence-corrected chi connectivity index (χ2v) is 6.49. The highest BCUT2D eigenvalue weighted by Crippen LogP contribution is 2.47. The molecule has 0 atom stereocenters. The van der Waals surface area contributed by atoms with Crippen LogP contribution in [0.5, 0.6) is 5.75 Å². The number of furan rings is 1. The smallest absolute Gasteiger partial charge is 0.240 e. The number of benzene rings is 1. The van der Waals surface area contributed by atoms with Crippen molar-refractivity contribution in [3.05, 3.63) is 48.4 Å². The molecule has 1 aliphatic carbocycles. The fraction of sp³-hybridized carbons (Fsp3) is 0.368. The van der Waals surface area contributed by atoms with E-state index < -0.39 is 5.41 Å². The molecule has 3 rings (SSSR count). The number of rotatable bonds is 7. The Bertz CT molecular complexity index is 731. The van der Waals surface area contributed by atoms with Crippen molar-refractivity contribution in [2.45, 2.75) is 39.3 Å². The summed E-state index contributed by atoms with van der Waals surface area (Å²) < 4.78 is 10.8. The van der Waals surface area contributed by atoms with E-state index in [2.05, 4.69) is 10.6 Å². The summed E-state index contributed by atoms with van der Waals surface area (Å²) in [7, 11) is 0. The number of anilines is 1. The quantitative estimate of drug-likeness (QED) is 0.758. The Morgan fingerprint density at radius 3 is 2.44 bits per heavy atom. The highest BCUT2D eigenvalue weighted by atomic mass is 16.5. The number of ether oxygens (including phenoxy) is 1. The van der Waals surface area contributed by atoms with E-state index >= 15 is 0 Å². The topological polar surface area (TPSA) is 80.6 Å². The first-order valence-electron chi connectivity index (χ1n) is 8.38. The zero-order valence-corrected chi connectivity index (χ0v) is 14.4. The summed E-state index contributed by atoms with van der Waals surface area (Å²) in [6.07, 6.45) is 2.75. The number of nitrogens with one attached hydrogen (secondary N) is 2. The molecular weight excluding hydrogens is 320 g/mol. The largest absolute Gasteiger partial charge is 0.491 e. The molecule has 2 amide bonds. The standard InChI is InChI=1S/C19H22N2O4/c1-13(2)25-15-7-5-14(6-8-15)21-18(23)19(9-10-19)17(22)20-12-16-4-3-11-24-16/h3-8,11,13H,9-10,12H2,1-2H3,(H,20,22)(H,21,23). The molecule has 1 fully saturated rings. The molecule has 0 unspecified atom stereocenters. The predicted molar refractivity (Wildman–Crippen MR) is 93.1 cm³/mol. The predicted octanol–water partition coefficient (Wildman–Crippen LogP) is 3.10. The Kier molecular flexibility index (Phi) is 4.79. The Hall–Kier alpha value is -2.76. The Morgan fingerprint density at radius 1 is 1.16 bits per heavy atom. The van der Waals surface area contributed by atoms with E-state index in [1.165, 1.54) is 0 Å². The summed E-state index contributed by atoms with van der Waals surface area (Å²) in [4.78, 5) is 24.9. The summed E-state index contributed by atoms with van der Waals surface area (Å²) in [5.41, 5.74) is -0.328. The number of amides is 2. The summed E-state index contributed by atoms with van der Waals surface area (Å²) >= 11 is 0. The van der Waals surface area contributed by atoms with Gasteiger partial charge in [-0.3, -0.25) is 9.59 Å². The van der Waals surface area contributed by atoms with Crippen LogP contribution in [0.4, 0.5) is 5.69 Å². The molecular formula is C19H22N2O4. The molecule has 2 N–H and O–H groups in total. The lowest BCUT2D eigenvalue weighted by molar-refractivity contribution is -0.134. The first kappa shape index (κ1) is 17.1. The van der Waals surface area contributed by atoms with Crippen molar-refractivity contribution >= 4 is 17.5 Å². The third-order valence-electron chi connectivity index (χ3n) is 4.11. The van der Waals surface area contributed by atoms with E-state index in [9.17, 15) is 9.59 Å². The number of carbonyl (C=O) groups excluding carboxylic acids is 2. The van der Waals surface area contributed by atoms with Gasteiger partial charge in [0.2, 0.25) is 11.8 Å². The van der Waals surface area contributed by atoms with Gasteiger partial charge in [0, 0.05) is 5.69 Å². The molecule has 0 bridgehead atoms. The van der Waals surface area contributed by atoms with Crippen LogP contribution in [0.25, 0.3) is 0 Å². The number of hydrogen-bond acceptors (Lipinski definition) is 4. The van der Waals surface area contributed by atoms with Crippen LogP contribution in [0.15, 0.2) is 47.1 Å². The average Bonchev–Trinajstić information content (AvgIpc) is 3.24. The molecule has 1 saturated carbocycles. The van der Waals surface area contributed by atoms with Crippen molar-refractivity contribution in [3.63, 3.8) is 0 Å². The van der Waals surface area contributed by atoms with E-state index in [0.29, 0.717) is 24.3 Å². The molecule has 0 spiro atoms. The molecule has 25 heavy (non-hydrogen) atoms. The van der Waals surface area contributed by atoms with Crippen molar-refractivity contribution in [2.75, 3.05) is 5.32 Å². The van der Waals surface area contributed by atoms with Gasteiger partial charge in [0.25, 0.3) is 0 Å². The van der Waals surface area contributed by atoms with Crippen molar-refractivity contribution in [1.29, 1.82) is 0 Å². The molecule has 6 nitrogen and oxygen atoms in total. The molecule has 1 aliphatic rings. The lowest BCUT2D eigenvalue weighted by Crippen LogP contribution is -2.39. The maximum absolute atomic E-state index is 12.5. The van der Waals surface area contributed by atoms with E-state index in [1.54, 1.807) is 42.7 Å². The highest BCUT2D eigenvalue weighted by molar-refractivity contribution is 6.13. The van der Waals surface area contributed by atoms with Gasteiger partial charge in [0.1, 0.15) is 16.9 Å². The molecule has 6 heteroatoms. The van der Waals surface area contributed by atoms with Crippen LogP contribution in [-0.2, 0) is 16.1 Å². The maximum Gasteiger partial charge on any atom is 0.240 e. The fourth-order valence-electron chi connectivity index (χ4n) is 2.57.